The SMILES string of the molecule is COc1cc([C@@H](c2cc(OC)c(OC)c(OC)c2)[C@@H]2COC(=O)[C@H]2C)cc(O)c1OC. The van der Waals surface area contributed by atoms with Crippen molar-refractivity contribution in [3.05, 3.63) is 35.4 Å². The van der Waals surface area contributed by atoms with E-state index >= 15 is 0 Å². The first-order chi connectivity index (χ1) is 14.9. The molecule has 0 amide bonds. The Balaban J connectivity index is 2.24. The molecular formula is C23H28O8. The van der Waals surface area contributed by atoms with E-state index in [2.05, 4.69) is 0 Å². The highest BCUT2D eigenvalue weighted by atomic mass is 16.5. The molecule has 1 aliphatic rings. The molecule has 3 rings (SSSR count). The summed E-state index contributed by atoms with van der Waals surface area (Å²) in [7, 11) is 7.58. The summed E-state index contributed by atoms with van der Waals surface area (Å²) in [5.74, 6) is 0.880. The van der Waals surface area contributed by atoms with E-state index in [-0.39, 0.29) is 41.8 Å². The van der Waals surface area contributed by atoms with Gasteiger partial charge in [0.2, 0.25) is 11.5 Å². The summed E-state index contributed by atoms with van der Waals surface area (Å²) in [4.78, 5) is 12.2. The molecule has 0 unspecified atom stereocenters. The second-order valence-electron chi connectivity index (χ2n) is 7.29. The molecule has 1 saturated heterocycles. The number of benzene rings is 2. The van der Waals surface area contributed by atoms with Crippen LogP contribution in [-0.2, 0) is 9.53 Å². The number of esters is 1. The summed E-state index contributed by atoms with van der Waals surface area (Å²) in [6.45, 7) is 2.09. The first-order valence-corrected chi connectivity index (χ1v) is 9.81. The largest absolute Gasteiger partial charge is 0.504 e. The van der Waals surface area contributed by atoms with E-state index in [9.17, 15) is 9.90 Å². The lowest BCUT2D eigenvalue weighted by Gasteiger charge is -2.27. The topological polar surface area (TPSA) is 92.7 Å². The van der Waals surface area contributed by atoms with E-state index in [1.807, 2.05) is 19.1 Å². The number of cyclic esters (lactones) is 1. The molecule has 8 heteroatoms. The smallest absolute Gasteiger partial charge is 0.309 e. The number of hydrogen-bond acceptors (Lipinski definition) is 8. The molecule has 0 radical (unpaired) electrons. The number of methoxy groups -OCH3 is 5. The quantitative estimate of drug-likeness (QED) is 0.635. The Hall–Kier alpha value is -3.29. The highest BCUT2D eigenvalue weighted by Crippen LogP contribution is 2.48. The van der Waals surface area contributed by atoms with Crippen LogP contribution >= 0.6 is 0 Å². The van der Waals surface area contributed by atoms with E-state index in [0.29, 0.717) is 23.0 Å². The zero-order valence-electron chi connectivity index (χ0n) is 18.6. The van der Waals surface area contributed by atoms with Crippen LogP contribution in [0.15, 0.2) is 24.3 Å². The predicted molar refractivity (Wildman–Crippen MR) is 113 cm³/mol. The Morgan fingerprint density at radius 1 is 0.839 bits per heavy atom. The zero-order chi connectivity index (χ0) is 22.7. The van der Waals surface area contributed by atoms with Gasteiger partial charge in [-0.3, -0.25) is 4.79 Å². The van der Waals surface area contributed by atoms with Crippen molar-refractivity contribution in [3.63, 3.8) is 0 Å². The van der Waals surface area contributed by atoms with Gasteiger partial charge in [0.1, 0.15) is 0 Å². The summed E-state index contributed by atoms with van der Waals surface area (Å²) in [6, 6.07) is 7.09. The third-order valence-electron chi connectivity index (χ3n) is 5.75. The van der Waals surface area contributed by atoms with Crippen molar-refractivity contribution in [2.75, 3.05) is 42.2 Å². The molecule has 0 aromatic heterocycles. The summed E-state index contributed by atoms with van der Waals surface area (Å²) < 4.78 is 32.5. The molecule has 8 nitrogen and oxygen atoms in total. The van der Waals surface area contributed by atoms with Crippen molar-refractivity contribution in [3.8, 4) is 34.5 Å². The minimum atomic E-state index is -0.348. The van der Waals surface area contributed by atoms with Crippen LogP contribution in [0.4, 0.5) is 0 Å². The number of carbonyl (C=O) groups is 1. The molecule has 31 heavy (non-hydrogen) atoms. The van der Waals surface area contributed by atoms with Crippen molar-refractivity contribution < 1.29 is 38.3 Å². The van der Waals surface area contributed by atoms with Gasteiger partial charge < -0.3 is 33.5 Å². The van der Waals surface area contributed by atoms with E-state index < -0.39 is 0 Å². The molecule has 0 aliphatic carbocycles. The van der Waals surface area contributed by atoms with Crippen LogP contribution < -0.4 is 23.7 Å². The maximum Gasteiger partial charge on any atom is 0.309 e. The lowest BCUT2D eigenvalue weighted by Crippen LogP contribution is -2.22. The number of aromatic hydroxyl groups is 1. The minimum absolute atomic E-state index is 0.0628. The Labute approximate surface area is 181 Å². The summed E-state index contributed by atoms with van der Waals surface area (Å²) in [6.07, 6.45) is 0. The van der Waals surface area contributed by atoms with Crippen LogP contribution in [0.3, 0.4) is 0 Å². The van der Waals surface area contributed by atoms with Crippen molar-refractivity contribution in [2.24, 2.45) is 11.8 Å². The van der Waals surface area contributed by atoms with Gasteiger partial charge in [-0.1, -0.05) is 6.92 Å². The molecule has 0 bridgehead atoms. The first-order valence-electron chi connectivity index (χ1n) is 9.81. The fourth-order valence-electron chi connectivity index (χ4n) is 4.13. The van der Waals surface area contributed by atoms with Crippen molar-refractivity contribution in [2.45, 2.75) is 12.8 Å². The second-order valence-corrected chi connectivity index (χ2v) is 7.29. The predicted octanol–water partition coefficient (Wildman–Crippen LogP) is 3.38. The van der Waals surface area contributed by atoms with Gasteiger partial charge >= 0.3 is 5.97 Å². The number of phenols is 1. The Morgan fingerprint density at radius 2 is 1.32 bits per heavy atom. The van der Waals surface area contributed by atoms with Crippen molar-refractivity contribution in [1.29, 1.82) is 0 Å². The number of ether oxygens (including phenoxy) is 6. The molecule has 1 fully saturated rings. The average Bonchev–Trinajstić information content (AvgIpc) is 3.10. The molecule has 3 atom stereocenters. The standard InChI is InChI=1S/C23H28O8/c1-12-15(11-31-23(12)25)20(13-7-16(24)21(29-5)17(8-13)26-2)14-9-18(27-3)22(30-6)19(10-14)28-4/h7-10,12,15,20,24H,11H2,1-6H3/t12-,15+,20-/m0/s1. The molecule has 0 saturated carbocycles. The fourth-order valence-corrected chi connectivity index (χ4v) is 4.13. The summed E-state index contributed by atoms with van der Waals surface area (Å²) in [5, 5.41) is 10.6. The maximum atomic E-state index is 12.2. The molecular weight excluding hydrogens is 404 g/mol. The third kappa shape index (κ3) is 4.02. The zero-order valence-corrected chi connectivity index (χ0v) is 18.6. The molecule has 1 aliphatic heterocycles. The molecule has 1 heterocycles. The van der Waals surface area contributed by atoms with Gasteiger partial charge in [-0.25, -0.2) is 0 Å². The van der Waals surface area contributed by atoms with Crippen LogP contribution in [0.25, 0.3) is 0 Å². The number of rotatable bonds is 8. The van der Waals surface area contributed by atoms with Gasteiger partial charge in [-0.2, -0.15) is 0 Å². The number of hydrogen-bond donors (Lipinski definition) is 1. The summed E-state index contributed by atoms with van der Waals surface area (Å²) >= 11 is 0. The minimum Gasteiger partial charge on any atom is -0.504 e. The van der Waals surface area contributed by atoms with Crippen LogP contribution in [-0.4, -0.2) is 53.2 Å². The second kappa shape index (κ2) is 9.24. The number of carbonyl (C=O) groups excluding carboxylic acids is 1. The van der Waals surface area contributed by atoms with E-state index in [1.165, 1.54) is 21.3 Å². The molecule has 2 aromatic rings. The van der Waals surface area contributed by atoms with Crippen LogP contribution in [0.2, 0.25) is 0 Å². The highest BCUT2D eigenvalue weighted by Gasteiger charge is 2.41. The molecule has 0 spiro atoms. The summed E-state index contributed by atoms with van der Waals surface area (Å²) in [5.41, 5.74) is 1.55. The van der Waals surface area contributed by atoms with Crippen molar-refractivity contribution >= 4 is 5.97 Å². The van der Waals surface area contributed by atoms with Gasteiger partial charge in [-0.15, -0.1) is 0 Å². The van der Waals surface area contributed by atoms with E-state index in [1.54, 1.807) is 26.4 Å². The monoisotopic (exact) mass is 432 g/mol. The molecule has 1 N–H and O–H groups in total. The van der Waals surface area contributed by atoms with Gasteiger partial charge in [0, 0.05) is 11.8 Å². The first kappa shape index (κ1) is 22.4. The van der Waals surface area contributed by atoms with Gasteiger partial charge in [0.05, 0.1) is 48.1 Å². The lowest BCUT2D eigenvalue weighted by atomic mass is 9.76. The number of phenolic OH excluding ortho intramolecular Hbond substituents is 1. The van der Waals surface area contributed by atoms with Gasteiger partial charge in [-0.05, 0) is 35.4 Å². The van der Waals surface area contributed by atoms with Gasteiger partial charge in [0.15, 0.2) is 23.0 Å². The Bertz CT molecular complexity index is 930. The van der Waals surface area contributed by atoms with E-state index in [4.69, 9.17) is 28.4 Å². The van der Waals surface area contributed by atoms with Crippen LogP contribution in [0.5, 0.6) is 34.5 Å². The fraction of sp³-hybridized carbons (Fsp3) is 0.435. The van der Waals surface area contributed by atoms with Gasteiger partial charge in [0.25, 0.3) is 0 Å². The molecule has 168 valence electrons. The molecule has 2 aromatic carbocycles. The average molecular weight is 432 g/mol. The van der Waals surface area contributed by atoms with Crippen LogP contribution in [0.1, 0.15) is 24.0 Å². The maximum absolute atomic E-state index is 12.2. The Kier molecular flexibility index (Phi) is 6.68. The lowest BCUT2D eigenvalue weighted by molar-refractivity contribution is -0.140. The van der Waals surface area contributed by atoms with Crippen LogP contribution in [0, 0.1) is 11.8 Å². The normalized spacial score (nSPS) is 18.8. The van der Waals surface area contributed by atoms with Crippen molar-refractivity contribution in [1.82, 2.24) is 0 Å². The third-order valence-corrected chi connectivity index (χ3v) is 5.75. The Morgan fingerprint density at radius 3 is 1.74 bits per heavy atom. The highest BCUT2D eigenvalue weighted by molar-refractivity contribution is 5.75. The van der Waals surface area contributed by atoms with E-state index in [0.717, 1.165) is 11.1 Å².